The number of hydrogen-bond acceptors (Lipinski definition) is 3. The molecule has 2 heterocycles. The maximum Gasteiger partial charge on any atom is 0.265 e. The molecule has 1 aromatic rings. The Balaban J connectivity index is 1.93. The zero-order chi connectivity index (χ0) is 15.9. The predicted octanol–water partition coefficient (Wildman–Crippen LogP) is 4.44. The highest BCUT2D eigenvalue weighted by Gasteiger charge is 2.29. The third-order valence-electron chi connectivity index (χ3n) is 4.74. The highest BCUT2D eigenvalue weighted by molar-refractivity contribution is 8.26. The molecule has 0 N–H and O–H groups in total. The van der Waals surface area contributed by atoms with Gasteiger partial charge in [0, 0.05) is 24.5 Å². The molecule has 3 rings (SSSR count). The van der Waals surface area contributed by atoms with Gasteiger partial charge in [-0.05, 0) is 44.4 Å². The van der Waals surface area contributed by atoms with E-state index in [0.717, 1.165) is 10.5 Å². The lowest BCUT2D eigenvalue weighted by molar-refractivity contribution is -0.121. The van der Waals surface area contributed by atoms with Gasteiger partial charge < -0.3 is 4.57 Å². The molecular formula is C17H22N2OS2. The van der Waals surface area contributed by atoms with Crippen LogP contribution in [-0.2, 0) is 4.79 Å². The number of aromatic nitrogens is 1. The first-order chi connectivity index (χ1) is 10.5. The van der Waals surface area contributed by atoms with Crippen molar-refractivity contribution in [3.05, 3.63) is 27.9 Å². The van der Waals surface area contributed by atoms with Gasteiger partial charge in [-0.15, -0.1) is 0 Å². The van der Waals surface area contributed by atoms with Crippen molar-refractivity contribution in [2.45, 2.75) is 52.0 Å². The van der Waals surface area contributed by atoms with Crippen LogP contribution in [0.15, 0.2) is 11.0 Å². The number of amides is 1. The van der Waals surface area contributed by atoms with Gasteiger partial charge in [-0.25, -0.2) is 0 Å². The van der Waals surface area contributed by atoms with Gasteiger partial charge in [0.15, 0.2) is 0 Å². The van der Waals surface area contributed by atoms with Gasteiger partial charge in [-0.2, -0.15) is 0 Å². The molecule has 0 spiro atoms. The van der Waals surface area contributed by atoms with Crippen molar-refractivity contribution < 1.29 is 4.79 Å². The van der Waals surface area contributed by atoms with Crippen LogP contribution in [0.2, 0.25) is 0 Å². The highest BCUT2D eigenvalue weighted by atomic mass is 32.2. The maximum atomic E-state index is 12.2. The summed E-state index contributed by atoms with van der Waals surface area (Å²) in [5, 5.41) is 0. The highest BCUT2D eigenvalue weighted by Crippen LogP contribution is 2.35. The maximum absolute atomic E-state index is 12.2. The van der Waals surface area contributed by atoms with Gasteiger partial charge in [-0.1, -0.05) is 43.2 Å². The SMILES string of the molecule is Cc1cc(/C=C2\SC(=S)N(C)C2=O)c(C)n1C1CCCCC1. The Hall–Kier alpha value is -1.07. The third-order valence-corrected chi connectivity index (χ3v) is 6.22. The summed E-state index contributed by atoms with van der Waals surface area (Å²) in [5.41, 5.74) is 3.71. The molecular weight excluding hydrogens is 312 g/mol. The van der Waals surface area contributed by atoms with Gasteiger partial charge in [0.25, 0.3) is 5.91 Å². The Morgan fingerprint density at radius 2 is 1.95 bits per heavy atom. The second kappa shape index (κ2) is 6.20. The van der Waals surface area contributed by atoms with E-state index >= 15 is 0 Å². The van der Waals surface area contributed by atoms with Crippen molar-refractivity contribution in [2.75, 3.05) is 7.05 Å². The van der Waals surface area contributed by atoms with E-state index in [1.807, 2.05) is 6.08 Å². The number of carbonyl (C=O) groups is 1. The number of hydrogen-bond donors (Lipinski definition) is 0. The number of thioether (sulfide) groups is 1. The van der Waals surface area contributed by atoms with Gasteiger partial charge in [0.1, 0.15) is 4.32 Å². The molecule has 0 unspecified atom stereocenters. The van der Waals surface area contributed by atoms with Crippen LogP contribution in [0.25, 0.3) is 6.08 Å². The second-order valence-electron chi connectivity index (χ2n) is 6.23. The van der Waals surface area contributed by atoms with Crippen molar-refractivity contribution >= 4 is 40.3 Å². The summed E-state index contributed by atoms with van der Waals surface area (Å²) in [6.45, 7) is 4.34. The Morgan fingerprint density at radius 1 is 1.27 bits per heavy atom. The van der Waals surface area contributed by atoms with E-state index in [0.29, 0.717) is 10.4 Å². The zero-order valence-electron chi connectivity index (χ0n) is 13.4. The molecule has 0 radical (unpaired) electrons. The number of aryl methyl sites for hydroxylation is 1. The van der Waals surface area contributed by atoms with Crippen molar-refractivity contribution in [3.63, 3.8) is 0 Å². The Kier molecular flexibility index (Phi) is 4.46. The first kappa shape index (κ1) is 15.8. The quantitative estimate of drug-likeness (QED) is 0.590. The number of thiocarbonyl (C=S) groups is 1. The van der Waals surface area contributed by atoms with Crippen LogP contribution in [0.4, 0.5) is 0 Å². The molecule has 2 fully saturated rings. The molecule has 3 nitrogen and oxygen atoms in total. The van der Waals surface area contributed by atoms with Crippen molar-refractivity contribution in [1.29, 1.82) is 0 Å². The van der Waals surface area contributed by atoms with Crippen LogP contribution in [0.1, 0.15) is 55.1 Å². The molecule has 0 bridgehead atoms. The molecule has 1 saturated heterocycles. The van der Waals surface area contributed by atoms with E-state index in [-0.39, 0.29) is 5.91 Å². The molecule has 118 valence electrons. The summed E-state index contributed by atoms with van der Waals surface area (Å²) in [7, 11) is 1.74. The minimum absolute atomic E-state index is 0.0115. The second-order valence-corrected chi connectivity index (χ2v) is 7.90. The predicted molar refractivity (Wildman–Crippen MR) is 97.0 cm³/mol. The molecule has 22 heavy (non-hydrogen) atoms. The summed E-state index contributed by atoms with van der Waals surface area (Å²) < 4.78 is 3.11. The largest absolute Gasteiger partial charge is 0.346 e. The first-order valence-electron chi connectivity index (χ1n) is 7.89. The third kappa shape index (κ3) is 2.76. The normalized spacial score (nSPS) is 22.1. The van der Waals surface area contributed by atoms with Gasteiger partial charge in [0.2, 0.25) is 0 Å². The lowest BCUT2D eigenvalue weighted by atomic mass is 9.95. The molecule has 1 aliphatic heterocycles. The molecule has 2 aliphatic rings. The van der Waals surface area contributed by atoms with Crippen LogP contribution in [-0.4, -0.2) is 26.7 Å². The average molecular weight is 335 g/mol. The van der Waals surface area contributed by atoms with Gasteiger partial charge in [0.05, 0.1) is 4.91 Å². The fourth-order valence-corrected chi connectivity index (χ4v) is 4.71. The van der Waals surface area contributed by atoms with Crippen LogP contribution in [0.3, 0.4) is 0 Å². The summed E-state index contributed by atoms with van der Waals surface area (Å²) in [6, 6.07) is 2.82. The van der Waals surface area contributed by atoms with E-state index < -0.39 is 0 Å². The van der Waals surface area contributed by atoms with Gasteiger partial charge >= 0.3 is 0 Å². The lowest BCUT2D eigenvalue weighted by Gasteiger charge is -2.26. The molecule has 0 atom stereocenters. The minimum atomic E-state index is 0.0115. The average Bonchev–Trinajstić information content (AvgIpc) is 2.92. The molecule has 1 aliphatic carbocycles. The summed E-state index contributed by atoms with van der Waals surface area (Å²) >= 11 is 6.60. The van der Waals surface area contributed by atoms with E-state index in [9.17, 15) is 4.79 Å². The lowest BCUT2D eigenvalue weighted by Crippen LogP contribution is -2.22. The zero-order valence-corrected chi connectivity index (χ0v) is 15.0. The summed E-state index contributed by atoms with van der Waals surface area (Å²) in [5.74, 6) is 0.0115. The molecule has 1 aromatic heterocycles. The number of rotatable bonds is 2. The van der Waals surface area contributed by atoms with Crippen LogP contribution < -0.4 is 0 Å². The van der Waals surface area contributed by atoms with Crippen LogP contribution >= 0.6 is 24.0 Å². The van der Waals surface area contributed by atoms with E-state index in [1.54, 1.807) is 11.9 Å². The van der Waals surface area contributed by atoms with Crippen molar-refractivity contribution in [1.82, 2.24) is 9.47 Å². The first-order valence-corrected chi connectivity index (χ1v) is 9.11. The van der Waals surface area contributed by atoms with E-state index in [4.69, 9.17) is 12.2 Å². The number of carbonyl (C=O) groups excluding carboxylic acids is 1. The standard InChI is InChI=1S/C17H22N2OS2/c1-11-9-13(10-15-16(20)18(3)17(21)22-15)12(2)19(11)14-7-5-4-6-8-14/h9-10,14H,4-8H2,1-3H3/b15-10-. The molecule has 5 heteroatoms. The summed E-state index contributed by atoms with van der Waals surface area (Å²) in [4.78, 5) is 14.4. The van der Waals surface area contributed by atoms with Crippen molar-refractivity contribution in [3.8, 4) is 0 Å². The molecule has 1 saturated carbocycles. The van der Waals surface area contributed by atoms with Crippen LogP contribution in [0, 0.1) is 13.8 Å². The monoisotopic (exact) mass is 334 g/mol. The van der Waals surface area contributed by atoms with E-state index in [2.05, 4.69) is 24.5 Å². The molecule has 1 amide bonds. The van der Waals surface area contributed by atoms with Gasteiger partial charge in [-0.3, -0.25) is 9.69 Å². The Morgan fingerprint density at radius 3 is 2.55 bits per heavy atom. The van der Waals surface area contributed by atoms with Crippen molar-refractivity contribution in [2.24, 2.45) is 0 Å². The number of nitrogens with zero attached hydrogens (tertiary/aromatic N) is 2. The Labute approximate surface area is 141 Å². The summed E-state index contributed by atoms with van der Waals surface area (Å²) in [6.07, 6.45) is 8.56. The fraction of sp³-hybridized carbons (Fsp3) is 0.529. The minimum Gasteiger partial charge on any atom is -0.346 e. The Bertz CT molecular complexity index is 654. The fourth-order valence-electron chi connectivity index (χ4n) is 3.54. The van der Waals surface area contributed by atoms with E-state index in [1.165, 1.54) is 55.3 Å². The smallest absolute Gasteiger partial charge is 0.265 e. The molecule has 0 aromatic carbocycles. The topological polar surface area (TPSA) is 25.2 Å². The number of likely N-dealkylation sites (N-methyl/N-ethyl adjacent to an activating group) is 1. The van der Waals surface area contributed by atoms with Crippen LogP contribution in [0.5, 0.6) is 0 Å².